The van der Waals surface area contributed by atoms with Gasteiger partial charge in [0.25, 0.3) is 5.91 Å². The predicted octanol–water partition coefficient (Wildman–Crippen LogP) is 3.47. The minimum atomic E-state index is -0.781. The van der Waals surface area contributed by atoms with Crippen LogP contribution in [0.2, 0.25) is 5.02 Å². The summed E-state index contributed by atoms with van der Waals surface area (Å²) in [6.45, 7) is 0.958. The third-order valence-electron chi connectivity index (χ3n) is 5.29. The first kappa shape index (κ1) is 22.8. The second-order valence-electron chi connectivity index (χ2n) is 7.95. The molecule has 3 heterocycles. The average molecular weight is 470 g/mol. The highest BCUT2D eigenvalue weighted by Crippen LogP contribution is 2.20. The number of aromatic nitrogens is 1. The van der Waals surface area contributed by atoms with Crippen LogP contribution in [-0.2, 0) is 20.1 Å². The maximum atomic E-state index is 13.0. The van der Waals surface area contributed by atoms with Crippen molar-refractivity contribution in [2.24, 2.45) is 7.05 Å². The van der Waals surface area contributed by atoms with E-state index in [-0.39, 0.29) is 12.1 Å². The number of aliphatic hydroxyl groups excluding tert-OH is 1. The number of amides is 1. The van der Waals surface area contributed by atoms with Crippen molar-refractivity contribution in [3.05, 3.63) is 92.8 Å². The molecular weight excluding hydrogens is 446 g/mol. The van der Waals surface area contributed by atoms with Gasteiger partial charge in [-0.25, -0.2) is 0 Å². The minimum absolute atomic E-state index is 0.0351. The summed E-state index contributed by atoms with van der Waals surface area (Å²) in [5.74, 6) is 0.563. The van der Waals surface area contributed by atoms with E-state index in [0.29, 0.717) is 40.7 Å². The van der Waals surface area contributed by atoms with Crippen LogP contribution in [0, 0.1) is 0 Å². The first-order valence-corrected chi connectivity index (χ1v) is 10.7. The zero-order chi connectivity index (χ0) is 23.5. The summed E-state index contributed by atoms with van der Waals surface area (Å²) in [4.78, 5) is 27.5. The van der Waals surface area contributed by atoms with Crippen LogP contribution in [-0.4, -0.2) is 34.1 Å². The molecule has 2 N–H and O–H groups in total. The predicted molar refractivity (Wildman–Crippen MR) is 124 cm³/mol. The molecule has 8 nitrogen and oxygen atoms in total. The first-order chi connectivity index (χ1) is 15.8. The number of hydrogen-bond donors (Lipinski definition) is 2. The van der Waals surface area contributed by atoms with Gasteiger partial charge in [0, 0.05) is 31.4 Å². The molecule has 1 aromatic carbocycles. The van der Waals surface area contributed by atoms with Gasteiger partial charge in [0.05, 0.1) is 18.2 Å². The molecule has 3 aromatic heterocycles. The number of halogens is 1. The molecule has 0 spiro atoms. The smallest absolute Gasteiger partial charge is 0.257 e. The summed E-state index contributed by atoms with van der Waals surface area (Å²) in [5, 5.41) is 14.0. The number of nitrogens with one attached hydrogen (secondary N) is 1. The number of likely N-dealkylation sites (N-methyl/N-ethyl adjacent to an activating group) is 1. The van der Waals surface area contributed by atoms with Gasteiger partial charge in [-0.05, 0) is 42.9 Å². The number of benzene rings is 1. The van der Waals surface area contributed by atoms with Gasteiger partial charge in [-0.2, -0.15) is 0 Å². The Kier molecular flexibility index (Phi) is 6.69. The van der Waals surface area contributed by atoms with E-state index in [9.17, 15) is 14.7 Å². The van der Waals surface area contributed by atoms with Gasteiger partial charge < -0.3 is 23.8 Å². The number of rotatable bonds is 8. The Hall–Kier alpha value is -3.33. The quantitative estimate of drug-likeness (QED) is 0.410. The van der Waals surface area contributed by atoms with Crippen LogP contribution in [0.4, 0.5) is 0 Å². The summed E-state index contributed by atoms with van der Waals surface area (Å²) in [5.41, 5.74) is 0.887. The highest BCUT2D eigenvalue weighted by Gasteiger charge is 2.19. The number of carbonyl (C=O) groups excluding carboxylic acids is 1. The average Bonchev–Trinajstić information content (AvgIpc) is 3.46. The largest absolute Gasteiger partial charge is 0.467 e. The normalized spacial score (nSPS) is 12.4. The second-order valence-corrected chi connectivity index (χ2v) is 8.39. The van der Waals surface area contributed by atoms with Gasteiger partial charge in [0.1, 0.15) is 23.2 Å². The van der Waals surface area contributed by atoms with Gasteiger partial charge in [-0.3, -0.25) is 14.5 Å². The Bertz CT molecular complexity index is 1310. The van der Waals surface area contributed by atoms with Crippen LogP contribution in [0.3, 0.4) is 0 Å². The molecule has 0 aliphatic rings. The van der Waals surface area contributed by atoms with Crippen molar-refractivity contribution in [1.82, 2.24) is 14.8 Å². The molecule has 172 valence electrons. The molecule has 4 rings (SSSR count). The first-order valence-electron chi connectivity index (χ1n) is 10.4. The Morgan fingerprint density at radius 1 is 1.27 bits per heavy atom. The van der Waals surface area contributed by atoms with Crippen LogP contribution in [0.25, 0.3) is 11.1 Å². The highest BCUT2D eigenvalue weighted by molar-refractivity contribution is 6.30. The Morgan fingerprint density at radius 3 is 2.73 bits per heavy atom. The van der Waals surface area contributed by atoms with Crippen LogP contribution in [0.1, 0.15) is 33.5 Å². The van der Waals surface area contributed by atoms with Crippen molar-refractivity contribution in [3.63, 3.8) is 0 Å². The summed E-state index contributed by atoms with van der Waals surface area (Å²) in [6.07, 6.45) is 2.20. The highest BCUT2D eigenvalue weighted by atomic mass is 35.5. The third kappa shape index (κ3) is 5.19. The summed E-state index contributed by atoms with van der Waals surface area (Å²) >= 11 is 5.89. The van der Waals surface area contributed by atoms with Crippen molar-refractivity contribution in [1.29, 1.82) is 0 Å². The third-order valence-corrected chi connectivity index (χ3v) is 5.54. The molecule has 0 unspecified atom stereocenters. The lowest BCUT2D eigenvalue weighted by Crippen LogP contribution is -2.29. The fraction of sp³-hybridized carbons (Fsp3) is 0.250. The molecule has 1 atom stereocenters. The van der Waals surface area contributed by atoms with Gasteiger partial charge in [0.15, 0.2) is 0 Å². The van der Waals surface area contributed by atoms with E-state index in [4.69, 9.17) is 20.4 Å². The molecule has 1 amide bonds. The zero-order valence-corrected chi connectivity index (χ0v) is 19.0. The zero-order valence-electron chi connectivity index (χ0n) is 18.2. The van der Waals surface area contributed by atoms with E-state index in [1.165, 1.54) is 12.5 Å². The monoisotopic (exact) mass is 469 g/mol. The number of pyridine rings is 1. The lowest BCUT2D eigenvalue weighted by molar-refractivity contribution is 0.0949. The number of furan rings is 2. The van der Waals surface area contributed by atoms with Crippen LogP contribution in [0.5, 0.6) is 0 Å². The number of carbonyl (C=O) groups is 1. The lowest BCUT2D eigenvalue weighted by atomic mass is 10.2. The summed E-state index contributed by atoms with van der Waals surface area (Å²) in [7, 11) is 3.54. The van der Waals surface area contributed by atoms with E-state index < -0.39 is 17.4 Å². The molecule has 0 aliphatic carbocycles. The van der Waals surface area contributed by atoms with Gasteiger partial charge in [0.2, 0.25) is 11.1 Å². The SMILES string of the molecule is CN(Cc1cc2c(=O)c(C(=O)NCc3ccc(Cl)cc3)cn(C)c2o1)C[C@@H](O)c1ccco1. The van der Waals surface area contributed by atoms with Crippen molar-refractivity contribution >= 4 is 28.6 Å². The summed E-state index contributed by atoms with van der Waals surface area (Å²) < 4.78 is 12.7. The van der Waals surface area contributed by atoms with E-state index >= 15 is 0 Å². The molecule has 0 aliphatic heterocycles. The molecule has 33 heavy (non-hydrogen) atoms. The van der Waals surface area contributed by atoms with Crippen LogP contribution < -0.4 is 10.7 Å². The summed E-state index contributed by atoms with van der Waals surface area (Å²) in [6, 6.07) is 12.2. The van der Waals surface area contributed by atoms with Crippen LogP contribution in [0.15, 0.2) is 68.6 Å². The number of hydrogen-bond acceptors (Lipinski definition) is 6. The Morgan fingerprint density at radius 2 is 2.03 bits per heavy atom. The molecular formula is C24H24ClN3O5. The van der Waals surface area contributed by atoms with Crippen molar-refractivity contribution in [2.75, 3.05) is 13.6 Å². The molecule has 0 bridgehead atoms. The number of nitrogens with zero attached hydrogens (tertiary/aromatic N) is 2. The molecule has 0 radical (unpaired) electrons. The molecule has 0 saturated carbocycles. The second kappa shape index (κ2) is 9.66. The number of aliphatic hydroxyl groups is 1. The Labute approximate surface area is 195 Å². The van der Waals surface area contributed by atoms with E-state index in [2.05, 4.69) is 5.32 Å². The molecule has 0 saturated heterocycles. The van der Waals surface area contributed by atoms with E-state index in [1.807, 2.05) is 24.1 Å². The van der Waals surface area contributed by atoms with Gasteiger partial charge in [-0.1, -0.05) is 23.7 Å². The van der Waals surface area contributed by atoms with Gasteiger partial charge in [-0.15, -0.1) is 0 Å². The van der Waals surface area contributed by atoms with E-state index in [0.717, 1.165) is 5.56 Å². The van der Waals surface area contributed by atoms with Crippen molar-refractivity contribution in [3.8, 4) is 0 Å². The molecule has 4 aromatic rings. The number of fused-ring (bicyclic) bond motifs is 1. The van der Waals surface area contributed by atoms with Gasteiger partial charge >= 0.3 is 0 Å². The fourth-order valence-electron chi connectivity index (χ4n) is 3.63. The molecule has 0 fully saturated rings. The Balaban J connectivity index is 1.49. The van der Waals surface area contributed by atoms with Crippen molar-refractivity contribution in [2.45, 2.75) is 19.2 Å². The van der Waals surface area contributed by atoms with Crippen LogP contribution >= 0.6 is 11.6 Å². The fourth-order valence-corrected chi connectivity index (χ4v) is 3.75. The standard InChI is InChI=1S/C24H24ClN3O5/c1-27(14-20(29)21-4-3-9-32-21)12-17-10-18-22(30)19(13-28(2)24(18)33-17)23(31)26-11-15-5-7-16(25)8-6-15/h3-10,13,20,29H,11-12,14H2,1-2H3,(H,26,31)/t20-/m1/s1. The molecule has 9 heteroatoms. The lowest BCUT2D eigenvalue weighted by Gasteiger charge is -2.18. The minimum Gasteiger partial charge on any atom is -0.467 e. The van der Waals surface area contributed by atoms with E-state index in [1.54, 1.807) is 41.9 Å². The number of aryl methyl sites for hydroxylation is 1. The maximum Gasteiger partial charge on any atom is 0.257 e. The maximum absolute atomic E-state index is 13.0. The topological polar surface area (TPSA) is 101 Å². The van der Waals surface area contributed by atoms with Crippen molar-refractivity contribution < 1.29 is 18.7 Å².